The smallest absolute Gasteiger partial charge is 0.409 e. The van der Waals surface area contributed by atoms with E-state index < -0.39 is 22.6 Å². The highest BCUT2D eigenvalue weighted by atomic mass is 16.6. The van der Waals surface area contributed by atoms with Crippen LogP contribution >= 0.6 is 0 Å². The summed E-state index contributed by atoms with van der Waals surface area (Å²) >= 11 is 0. The van der Waals surface area contributed by atoms with E-state index in [0.29, 0.717) is 5.56 Å². The summed E-state index contributed by atoms with van der Waals surface area (Å²) in [6.07, 6.45) is 1.03. The van der Waals surface area contributed by atoms with Crippen LogP contribution in [0.3, 0.4) is 0 Å². The Balaban J connectivity index is 3.22. The van der Waals surface area contributed by atoms with Gasteiger partial charge in [-0.2, -0.15) is 0 Å². The van der Waals surface area contributed by atoms with E-state index in [2.05, 4.69) is 4.74 Å². The summed E-state index contributed by atoms with van der Waals surface area (Å²) in [6.45, 7) is 1.23. The summed E-state index contributed by atoms with van der Waals surface area (Å²) in [6, 6.07) is 4.23. The molecule has 8 nitrogen and oxygen atoms in total. The highest BCUT2D eigenvalue weighted by molar-refractivity contribution is 5.91. The largest absolute Gasteiger partial charge is 0.493 e. The van der Waals surface area contributed by atoms with Crippen LogP contribution in [0.5, 0.6) is 11.5 Å². The van der Waals surface area contributed by atoms with E-state index in [1.54, 1.807) is 0 Å². The molecule has 1 aromatic rings. The third-order valence-corrected chi connectivity index (χ3v) is 2.34. The summed E-state index contributed by atoms with van der Waals surface area (Å²) in [5, 5.41) is 10.8. The zero-order valence-electron chi connectivity index (χ0n) is 11.6. The Morgan fingerprint density at radius 2 is 1.90 bits per heavy atom. The Morgan fingerprint density at radius 1 is 1.24 bits per heavy atom. The molecule has 0 aromatic heterocycles. The molecule has 0 spiro atoms. The van der Waals surface area contributed by atoms with Gasteiger partial charge in [-0.1, -0.05) is 6.07 Å². The van der Waals surface area contributed by atoms with E-state index in [0.717, 1.165) is 13.2 Å². The molecule has 8 heteroatoms. The number of benzene rings is 1. The second-order valence-electron chi connectivity index (χ2n) is 3.78. The minimum absolute atomic E-state index is 0.169. The molecule has 0 atom stereocenters. The number of carbonyl (C=O) groups excluding carboxylic acids is 2. The molecular weight excluding hydrogens is 282 g/mol. The first kappa shape index (κ1) is 16.2. The number of carbonyl (C=O) groups is 2. The fraction of sp³-hybridized carbons (Fsp3) is 0.231. The van der Waals surface area contributed by atoms with E-state index in [1.165, 1.54) is 32.2 Å². The molecule has 0 saturated carbocycles. The minimum atomic E-state index is -1.07. The van der Waals surface area contributed by atoms with Crippen LogP contribution in [0.15, 0.2) is 23.9 Å². The first-order valence-electron chi connectivity index (χ1n) is 5.70. The number of hydrogen-bond acceptors (Lipinski definition) is 7. The Bertz CT molecular complexity index is 607. The van der Waals surface area contributed by atoms with Gasteiger partial charge < -0.3 is 14.2 Å². The fourth-order valence-corrected chi connectivity index (χ4v) is 1.46. The molecule has 0 amide bonds. The highest BCUT2D eigenvalue weighted by Gasteiger charge is 2.22. The summed E-state index contributed by atoms with van der Waals surface area (Å²) in [4.78, 5) is 32.2. The van der Waals surface area contributed by atoms with Crippen molar-refractivity contribution >= 4 is 18.0 Å². The normalized spacial score (nSPS) is 10.7. The number of esters is 2. The van der Waals surface area contributed by atoms with E-state index >= 15 is 0 Å². The van der Waals surface area contributed by atoms with Gasteiger partial charge in [0, 0.05) is 13.0 Å². The molecule has 1 aromatic carbocycles. The Kier molecular flexibility index (Phi) is 5.41. The maximum Gasteiger partial charge on any atom is 0.409 e. The average Bonchev–Trinajstić information content (AvgIpc) is 2.44. The Labute approximate surface area is 120 Å². The molecule has 0 fully saturated rings. The standard InChI is InChI=1S/C13H13NO7/c1-8(15)21-11-5-4-9(7-12(11)19-2)6-10(14(17)18)13(16)20-3/h4-7H,1-3H3/b10-6+. The lowest BCUT2D eigenvalue weighted by molar-refractivity contribution is -0.419. The SMILES string of the molecule is COC(=O)/C(=C\c1ccc(OC(C)=O)c(OC)c1)[N+](=O)[O-]. The van der Waals surface area contributed by atoms with Crippen LogP contribution < -0.4 is 9.47 Å². The number of nitrogens with zero attached hydrogens (tertiary/aromatic N) is 1. The van der Waals surface area contributed by atoms with Crippen molar-refractivity contribution in [2.24, 2.45) is 0 Å². The van der Waals surface area contributed by atoms with Gasteiger partial charge in [0.1, 0.15) is 0 Å². The van der Waals surface area contributed by atoms with Crippen LogP contribution in [0, 0.1) is 10.1 Å². The average molecular weight is 295 g/mol. The van der Waals surface area contributed by atoms with Crippen molar-refractivity contribution in [3.05, 3.63) is 39.6 Å². The lowest BCUT2D eigenvalue weighted by Crippen LogP contribution is -2.12. The molecule has 0 heterocycles. The van der Waals surface area contributed by atoms with Gasteiger partial charge in [-0.25, -0.2) is 4.79 Å². The molecule has 112 valence electrons. The van der Waals surface area contributed by atoms with Crippen LogP contribution in [-0.4, -0.2) is 31.1 Å². The fourth-order valence-electron chi connectivity index (χ4n) is 1.46. The first-order chi connectivity index (χ1) is 9.88. The van der Waals surface area contributed by atoms with Gasteiger partial charge in [0.2, 0.25) is 0 Å². The van der Waals surface area contributed by atoms with E-state index in [1.807, 2.05) is 0 Å². The molecule has 0 unspecified atom stereocenters. The Morgan fingerprint density at radius 3 is 2.38 bits per heavy atom. The zero-order valence-corrected chi connectivity index (χ0v) is 11.6. The van der Waals surface area contributed by atoms with Crippen LogP contribution in [0.2, 0.25) is 0 Å². The molecule has 0 bridgehead atoms. The van der Waals surface area contributed by atoms with Crippen LogP contribution in [-0.2, 0) is 14.3 Å². The lowest BCUT2D eigenvalue weighted by atomic mass is 10.1. The third kappa shape index (κ3) is 4.30. The lowest BCUT2D eigenvalue weighted by Gasteiger charge is -2.08. The third-order valence-electron chi connectivity index (χ3n) is 2.34. The number of ether oxygens (including phenoxy) is 3. The summed E-state index contributed by atoms with van der Waals surface area (Å²) in [5.41, 5.74) is -0.403. The van der Waals surface area contributed by atoms with E-state index in [4.69, 9.17) is 9.47 Å². The molecule has 0 aliphatic heterocycles. The van der Waals surface area contributed by atoms with Crippen molar-refractivity contribution in [1.82, 2.24) is 0 Å². The molecule has 0 N–H and O–H groups in total. The Hall–Kier alpha value is -2.90. The summed E-state index contributed by atoms with van der Waals surface area (Å²) < 4.78 is 14.3. The van der Waals surface area contributed by atoms with Crippen LogP contribution in [0.25, 0.3) is 6.08 Å². The van der Waals surface area contributed by atoms with Crippen LogP contribution in [0.4, 0.5) is 0 Å². The van der Waals surface area contributed by atoms with Crippen LogP contribution in [0.1, 0.15) is 12.5 Å². The quantitative estimate of drug-likeness (QED) is 0.266. The van der Waals surface area contributed by atoms with E-state index in [9.17, 15) is 19.7 Å². The van der Waals surface area contributed by atoms with Gasteiger partial charge in [0.15, 0.2) is 11.5 Å². The molecule has 0 aliphatic rings. The molecular formula is C13H13NO7. The van der Waals surface area contributed by atoms with Crippen molar-refractivity contribution in [1.29, 1.82) is 0 Å². The number of nitro groups is 1. The number of methoxy groups -OCH3 is 2. The molecule has 21 heavy (non-hydrogen) atoms. The molecule has 0 radical (unpaired) electrons. The minimum Gasteiger partial charge on any atom is -0.493 e. The maximum atomic E-state index is 11.3. The second kappa shape index (κ2) is 7.04. The second-order valence-corrected chi connectivity index (χ2v) is 3.78. The van der Waals surface area contributed by atoms with Gasteiger partial charge in [0.05, 0.1) is 19.1 Å². The van der Waals surface area contributed by atoms with Crippen molar-refractivity contribution in [2.75, 3.05) is 14.2 Å². The van der Waals surface area contributed by atoms with Gasteiger partial charge in [-0.3, -0.25) is 14.9 Å². The predicted molar refractivity (Wildman–Crippen MR) is 71.3 cm³/mol. The topological polar surface area (TPSA) is 105 Å². The van der Waals surface area contributed by atoms with Crippen molar-refractivity contribution in [2.45, 2.75) is 6.92 Å². The molecule has 1 rings (SSSR count). The predicted octanol–water partition coefficient (Wildman–Crippen LogP) is 1.41. The first-order valence-corrected chi connectivity index (χ1v) is 5.70. The molecule has 0 saturated heterocycles. The van der Waals surface area contributed by atoms with Crippen molar-refractivity contribution in [3.63, 3.8) is 0 Å². The molecule has 0 aliphatic carbocycles. The van der Waals surface area contributed by atoms with Crippen molar-refractivity contribution < 1.29 is 28.7 Å². The van der Waals surface area contributed by atoms with Gasteiger partial charge in [-0.15, -0.1) is 0 Å². The number of hydrogen-bond donors (Lipinski definition) is 0. The van der Waals surface area contributed by atoms with Gasteiger partial charge in [0.25, 0.3) is 0 Å². The van der Waals surface area contributed by atoms with E-state index in [-0.39, 0.29) is 11.5 Å². The summed E-state index contributed by atoms with van der Waals surface area (Å²) in [7, 11) is 2.40. The van der Waals surface area contributed by atoms with Crippen molar-refractivity contribution in [3.8, 4) is 11.5 Å². The summed E-state index contributed by atoms with van der Waals surface area (Å²) in [5.74, 6) is -1.23. The zero-order chi connectivity index (χ0) is 16.0. The van der Waals surface area contributed by atoms with Gasteiger partial charge in [-0.05, 0) is 17.7 Å². The highest BCUT2D eigenvalue weighted by Crippen LogP contribution is 2.29. The maximum absolute atomic E-state index is 11.3. The monoisotopic (exact) mass is 295 g/mol. The number of rotatable bonds is 5. The van der Waals surface area contributed by atoms with Gasteiger partial charge >= 0.3 is 17.6 Å².